The summed E-state index contributed by atoms with van der Waals surface area (Å²) >= 11 is 0. The molecule has 1 saturated carbocycles. The van der Waals surface area contributed by atoms with Gasteiger partial charge in [-0.25, -0.2) is 14.6 Å². The minimum absolute atomic E-state index is 0.0140. The molecule has 126 valence electrons. The van der Waals surface area contributed by atoms with Gasteiger partial charge in [0.2, 0.25) is 0 Å². The summed E-state index contributed by atoms with van der Waals surface area (Å²) in [6.07, 6.45) is 5.87. The summed E-state index contributed by atoms with van der Waals surface area (Å²) in [5, 5.41) is 0. The average Bonchev–Trinajstić information content (AvgIpc) is 3.06. The van der Waals surface area contributed by atoms with Crippen molar-refractivity contribution in [2.75, 3.05) is 6.61 Å². The highest BCUT2D eigenvalue weighted by atomic mass is 16.6. The number of esters is 2. The maximum atomic E-state index is 12.2. The molecule has 24 heavy (non-hydrogen) atoms. The minimum Gasteiger partial charge on any atom is -0.460 e. The molecule has 1 heterocycles. The van der Waals surface area contributed by atoms with E-state index in [9.17, 15) is 9.59 Å². The normalized spacial score (nSPS) is 15.4. The van der Waals surface area contributed by atoms with Crippen molar-refractivity contribution in [1.82, 2.24) is 9.55 Å². The molecule has 6 nitrogen and oxygen atoms in total. The Morgan fingerprint density at radius 3 is 2.71 bits per heavy atom. The van der Waals surface area contributed by atoms with E-state index in [1.165, 1.54) is 6.20 Å². The van der Waals surface area contributed by atoms with Gasteiger partial charge in [-0.05, 0) is 31.7 Å². The van der Waals surface area contributed by atoms with Crippen molar-refractivity contribution in [2.24, 2.45) is 0 Å². The Morgan fingerprint density at radius 1 is 1.29 bits per heavy atom. The third kappa shape index (κ3) is 3.64. The molecule has 0 bridgehead atoms. The highest BCUT2D eigenvalue weighted by Gasteiger charge is 2.23. The van der Waals surface area contributed by atoms with E-state index in [1.807, 2.05) is 37.3 Å². The monoisotopic (exact) mass is 328 g/mol. The Morgan fingerprint density at radius 2 is 2.04 bits per heavy atom. The van der Waals surface area contributed by atoms with E-state index in [4.69, 9.17) is 9.47 Å². The van der Waals surface area contributed by atoms with Crippen LogP contribution in [-0.2, 0) is 14.3 Å². The summed E-state index contributed by atoms with van der Waals surface area (Å²) in [4.78, 5) is 27.9. The van der Waals surface area contributed by atoms with Crippen LogP contribution in [-0.4, -0.2) is 34.2 Å². The molecule has 0 saturated heterocycles. The lowest BCUT2D eigenvalue weighted by Gasteiger charge is -2.24. The van der Waals surface area contributed by atoms with Gasteiger partial charge in [0, 0.05) is 0 Å². The van der Waals surface area contributed by atoms with E-state index in [1.54, 1.807) is 10.9 Å². The van der Waals surface area contributed by atoms with Gasteiger partial charge in [0.25, 0.3) is 0 Å². The van der Waals surface area contributed by atoms with Gasteiger partial charge in [-0.1, -0.05) is 30.3 Å². The van der Waals surface area contributed by atoms with Gasteiger partial charge >= 0.3 is 11.9 Å². The molecule has 3 rings (SSSR count). The molecule has 0 radical (unpaired) electrons. The molecule has 0 amide bonds. The number of imidazole rings is 1. The second-order valence-electron chi connectivity index (χ2n) is 5.89. The van der Waals surface area contributed by atoms with Crippen molar-refractivity contribution in [3.8, 4) is 0 Å². The largest absolute Gasteiger partial charge is 0.460 e. The zero-order valence-electron chi connectivity index (χ0n) is 13.6. The van der Waals surface area contributed by atoms with Crippen LogP contribution in [0, 0.1) is 0 Å². The summed E-state index contributed by atoms with van der Waals surface area (Å²) in [5.41, 5.74) is 1.36. The topological polar surface area (TPSA) is 70.4 Å². The highest BCUT2D eigenvalue weighted by molar-refractivity contribution is 5.89. The Kier molecular flexibility index (Phi) is 4.93. The fourth-order valence-corrected chi connectivity index (χ4v) is 2.57. The van der Waals surface area contributed by atoms with Gasteiger partial charge in [0.05, 0.1) is 18.6 Å². The number of carbonyl (C=O) groups is 2. The Hall–Kier alpha value is -2.63. The number of ether oxygens (including phenoxy) is 2. The molecule has 1 aromatic carbocycles. The van der Waals surface area contributed by atoms with Crippen LogP contribution in [0.4, 0.5) is 0 Å². The van der Waals surface area contributed by atoms with Crippen molar-refractivity contribution in [1.29, 1.82) is 0 Å². The first-order valence-electron chi connectivity index (χ1n) is 8.08. The van der Waals surface area contributed by atoms with Gasteiger partial charge in [-0.15, -0.1) is 0 Å². The van der Waals surface area contributed by atoms with Gasteiger partial charge < -0.3 is 14.0 Å². The standard InChI is InChI=1S/C18H20N2O4/c1-13(14-6-3-2-4-7-14)20-12-19-10-16(20)18(22)23-11-17(21)24-15-8-5-9-15/h2-4,6-7,10,12-13,15H,5,8-9,11H2,1H3/t13-/m1/s1. The van der Waals surface area contributed by atoms with Crippen LogP contribution in [0.3, 0.4) is 0 Å². The van der Waals surface area contributed by atoms with Crippen LogP contribution in [0.25, 0.3) is 0 Å². The number of benzene rings is 1. The first kappa shape index (κ1) is 16.2. The van der Waals surface area contributed by atoms with Crippen molar-refractivity contribution in [2.45, 2.75) is 38.3 Å². The number of carbonyl (C=O) groups excluding carboxylic acids is 2. The van der Waals surface area contributed by atoms with Crippen molar-refractivity contribution < 1.29 is 19.1 Å². The molecular formula is C18H20N2O4. The predicted octanol–water partition coefficient (Wildman–Crippen LogP) is 2.74. The highest BCUT2D eigenvalue weighted by Crippen LogP contribution is 2.22. The minimum atomic E-state index is -0.583. The van der Waals surface area contributed by atoms with E-state index in [-0.39, 0.29) is 18.8 Å². The summed E-state index contributed by atoms with van der Waals surface area (Å²) < 4.78 is 12.0. The molecule has 1 fully saturated rings. The lowest BCUT2D eigenvalue weighted by Crippen LogP contribution is -2.28. The first-order valence-corrected chi connectivity index (χ1v) is 8.08. The number of rotatable bonds is 6. The van der Waals surface area contributed by atoms with Crippen molar-refractivity contribution in [3.05, 3.63) is 54.1 Å². The van der Waals surface area contributed by atoms with Gasteiger partial charge in [-0.2, -0.15) is 0 Å². The first-order chi connectivity index (χ1) is 11.6. The van der Waals surface area contributed by atoms with Crippen LogP contribution in [0.1, 0.15) is 48.3 Å². The van der Waals surface area contributed by atoms with Crippen LogP contribution in [0.15, 0.2) is 42.9 Å². The van der Waals surface area contributed by atoms with Crippen molar-refractivity contribution in [3.63, 3.8) is 0 Å². The quantitative estimate of drug-likeness (QED) is 0.763. The van der Waals surface area contributed by atoms with E-state index < -0.39 is 11.9 Å². The fourth-order valence-electron chi connectivity index (χ4n) is 2.57. The van der Waals surface area contributed by atoms with Gasteiger partial charge in [-0.3, -0.25) is 0 Å². The predicted molar refractivity (Wildman–Crippen MR) is 86.5 cm³/mol. The molecule has 2 aromatic rings. The van der Waals surface area contributed by atoms with E-state index >= 15 is 0 Å². The summed E-state index contributed by atoms with van der Waals surface area (Å²) in [6.45, 7) is 1.60. The summed E-state index contributed by atoms with van der Waals surface area (Å²) in [7, 11) is 0. The molecule has 0 aliphatic heterocycles. The molecule has 0 spiro atoms. The summed E-state index contributed by atoms with van der Waals surface area (Å²) in [5.74, 6) is -1.09. The molecule has 0 N–H and O–H groups in total. The maximum Gasteiger partial charge on any atom is 0.357 e. The summed E-state index contributed by atoms with van der Waals surface area (Å²) in [6, 6.07) is 9.71. The molecule has 0 unspecified atom stereocenters. The SMILES string of the molecule is C[C@H](c1ccccc1)n1cncc1C(=O)OCC(=O)OC1CCC1. The van der Waals surface area contributed by atoms with Crippen LogP contribution in [0.2, 0.25) is 0 Å². The molecule has 1 aliphatic carbocycles. The molecule has 1 aliphatic rings. The molecular weight excluding hydrogens is 308 g/mol. The van der Waals surface area contributed by atoms with Crippen LogP contribution in [0.5, 0.6) is 0 Å². The molecule has 6 heteroatoms. The molecule has 1 aromatic heterocycles. The Balaban J connectivity index is 1.61. The van der Waals surface area contributed by atoms with Crippen LogP contribution < -0.4 is 0 Å². The Labute approximate surface area is 140 Å². The van der Waals surface area contributed by atoms with Gasteiger partial charge in [0.1, 0.15) is 11.8 Å². The Bertz CT molecular complexity index is 707. The number of hydrogen-bond acceptors (Lipinski definition) is 5. The molecule has 1 atom stereocenters. The van der Waals surface area contributed by atoms with Crippen molar-refractivity contribution >= 4 is 11.9 Å². The average molecular weight is 328 g/mol. The number of hydrogen-bond donors (Lipinski definition) is 0. The zero-order chi connectivity index (χ0) is 16.9. The fraction of sp³-hybridized carbons (Fsp3) is 0.389. The third-order valence-corrected chi connectivity index (χ3v) is 4.25. The second-order valence-corrected chi connectivity index (χ2v) is 5.89. The lowest BCUT2D eigenvalue weighted by atomic mass is 9.96. The number of nitrogens with zero attached hydrogens (tertiary/aromatic N) is 2. The van der Waals surface area contributed by atoms with E-state index in [2.05, 4.69) is 4.98 Å². The van der Waals surface area contributed by atoms with E-state index in [0.717, 1.165) is 24.8 Å². The maximum absolute atomic E-state index is 12.2. The van der Waals surface area contributed by atoms with E-state index in [0.29, 0.717) is 5.69 Å². The lowest BCUT2D eigenvalue weighted by molar-refractivity contribution is -0.156. The zero-order valence-corrected chi connectivity index (χ0v) is 13.6. The van der Waals surface area contributed by atoms with Crippen LogP contribution >= 0.6 is 0 Å². The number of aromatic nitrogens is 2. The second kappa shape index (κ2) is 7.29. The van der Waals surface area contributed by atoms with Gasteiger partial charge in [0.15, 0.2) is 6.61 Å². The smallest absolute Gasteiger partial charge is 0.357 e. The third-order valence-electron chi connectivity index (χ3n) is 4.25.